The lowest BCUT2D eigenvalue weighted by molar-refractivity contribution is -0.138. The van der Waals surface area contributed by atoms with E-state index in [1.54, 1.807) is 0 Å². The fourth-order valence-corrected chi connectivity index (χ4v) is 1.20. The van der Waals surface area contributed by atoms with Crippen LogP contribution in [0.25, 0.3) is 0 Å². The molecular weight excluding hydrogens is 207 g/mol. The first-order valence-corrected chi connectivity index (χ1v) is 4.01. The Balaban J connectivity index is 3.30. The van der Waals surface area contributed by atoms with Crippen LogP contribution in [0.1, 0.15) is 17.0 Å². The summed E-state index contributed by atoms with van der Waals surface area (Å²) in [6.45, 7) is 0. The summed E-state index contributed by atoms with van der Waals surface area (Å²) in [6.07, 6.45) is -4.35. The van der Waals surface area contributed by atoms with Crippen molar-refractivity contribution in [3.8, 4) is 6.07 Å². The molecule has 1 atom stereocenters. The minimum Gasteiger partial charge on any atom is -0.302 e. The van der Waals surface area contributed by atoms with Crippen LogP contribution in [0.4, 0.5) is 13.2 Å². The van der Waals surface area contributed by atoms with Gasteiger partial charge in [-0.2, -0.15) is 18.4 Å². The van der Waals surface area contributed by atoms with Gasteiger partial charge in [0.1, 0.15) is 12.2 Å². The summed E-state index contributed by atoms with van der Waals surface area (Å²) in [5.74, 6) is -1.37. The van der Waals surface area contributed by atoms with Crippen molar-refractivity contribution in [3.63, 3.8) is 0 Å². The van der Waals surface area contributed by atoms with Crippen LogP contribution in [0.5, 0.6) is 0 Å². The molecule has 1 aromatic rings. The van der Waals surface area contributed by atoms with E-state index in [9.17, 15) is 18.0 Å². The third-order valence-corrected chi connectivity index (χ3v) is 1.88. The van der Waals surface area contributed by atoms with Gasteiger partial charge in [-0.05, 0) is 11.6 Å². The van der Waals surface area contributed by atoms with Crippen LogP contribution < -0.4 is 0 Å². The van der Waals surface area contributed by atoms with Gasteiger partial charge >= 0.3 is 6.18 Å². The van der Waals surface area contributed by atoms with E-state index in [-0.39, 0.29) is 11.8 Å². The highest BCUT2D eigenvalue weighted by Crippen LogP contribution is 2.34. The fourth-order valence-electron chi connectivity index (χ4n) is 1.20. The lowest BCUT2D eigenvalue weighted by Crippen LogP contribution is -2.11. The molecule has 0 bridgehead atoms. The van der Waals surface area contributed by atoms with Crippen molar-refractivity contribution < 1.29 is 18.0 Å². The number of carbonyl (C=O) groups excluding carboxylic acids is 1. The zero-order chi connectivity index (χ0) is 11.5. The molecule has 2 nitrogen and oxygen atoms in total. The normalized spacial score (nSPS) is 12.9. The summed E-state index contributed by atoms with van der Waals surface area (Å²) in [5, 5.41) is 8.52. The Labute approximate surface area is 83.9 Å². The molecule has 0 spiro atoms. The summed E-state index contributed by atoms with van der Waals surface area (Å²) < 4.78 is 37.4. The van der Waals surface area contributed by atoms with Crippen LogP contribution in [0, 0.1) is 11.3 Å². The highest BCUT2D eigenvalue weighted by atomic mass is 19.4. The molecular formula is C10H6F3NO. The first kappa shape index (κ1) is 11.2. The van der Waals surface area contributed by atoms with E-state index in [2.05, 4.69) is 0 Å². The number of benzene rings is 1. The number of hydrogen-bond acceptors (Lipinski definition) is 2. The van der Waals surface area contributed by atoms with E-state index < -0.39 is 17.7 Å². The predicted molar refractivity (Wildman–Crippen MR) is 45.9 cm³/mol. The van der Waals surface area contributed by atoms with E-state index in [1.165, 1.54) is 18.2 Å². The van der Waals surface area contributed by atoms with Crippen molar-refractivity contribution >= 4 is 6.29 Å². The largest absolute Gasteiger partial charge is 0.416 e. The molecule has 0 amide bonds. The Morgan fingerprint density at radius 1 is 1.33 bits per heavy atom. The van der Waals surface area contributed by atoms with Crippen molar-refractivity contribution in [2.75, 3.05) is 0 Å². The first-order chi connectivity index (χ1) is 7.00. The molecule has 0 fully saturated rings. The maximum atomic E-state index is 12.5. The second-order valence-corrected chi connectivity index (χ2v) is 2.83. The lowest BCUT2D eigenvalue weighted by atomic mass is 9.96. The van der Waals surface area contributed by atoms with Gasteiger partial charge in [0.05, 0.1) is 11.6 Å². The number of rotatable bonds is 2. The minimum atomic E-state index is -4.55. The SMILES string of the molecule is N#C[C@H](C=O)c1ccccc1C(F)(F)F. The molecule has 0 aromatic heterocycles. The molecule has 0 aliphatic carbocycles. The van der Waals surface area contributed by atoms with Crippen molar-refractivity contribution in [2.45, 2.75) is 12.1 Å². The number of hydrogen-bond donors (Lipinski definition) is 0. The Hall–Kier alpha value is -1.83. The summed E-state index contributed by atoms with van der Waals surface area (Å²) in [7, 11) is 0. The maximum Gasteiger partial charge on any atom is 0.416 e. The highest BCUT2D eigenvalue weighted by molar-refractivity contribution is 5.67. The first-order valence-electron chi connectivity index (χ1n) is 4.01. The number of alkyl halides is 3. The van der Waals surface area contributed by atoms with Crippen LogP contribution in [0.3, 0.4) is 0 Å². The number of nitrogens with zero attached hydrogens (tertiary/aromatic N) is 1. The molecule has 0 aliphatic rings. The van der Waals surface area contributed by atoms with E-state index >= 15 is 0 Å². The molecule has 1 aromatic carbocycles. The summed E-state index contributed by atoms with van der Waals surface area (Å²) in [4.78, 5) is 10.4. The number of carbonyl (C=O) groups is 1. The number of nitriles is 1. The fraction of sp³-hybridized carbons (Fsp3) is 0.200. The van der Waals surface area contributed by atoms with Gasteiger partial charge in [-0.1, -0.05) is 18.2 Å². The van der Waals surface area contributed by atoms with Gasteiger partial charge in [0.25, 0.3) is 0 Å². The molecule has 0 unspecified atom stereocenters. The molecule has 0 heterocycles. The molecule has 0 saturated heterocycles. The van der Waals surface area contributed by atoms with Crippen molar-refractivity contribution in [1.82, 2.24) is 0 Å². The van der Waals surface area contributed by atoms with E-state index in [0.29, 0.717) is 0 Å². The minimum absolute atomic E-state index is 0.199. The molecule has 0 N–H and O–H groups in total. The lowest BCUT2D eigenvalue weighted by Gasteiger charge is -2.12. The van der Waals surface area contributed by atoms with Crippen LogP contribution in [-0.2, 0) is 11.0 Å². The van der Waals surface area contributed by atoms with Crippen LogP contribution >= 0.6 is 0 Å². The quantitative estimate of drug-likeness (QED) is 0.708. The predicted octanol–water partition coefficient (Wildman–Crippen LogP) is 2.51. The van der Waals surface area contributed by atoms with Gasteiger partial charge in [-0.25, -0.2) is 0 Å². The number of aldehydes is 1. The zero-order valence-corrected chi connectivity index (χ0v) is 7.45. The van der Waals surface area contributed by atoms with Gasteiger partial charge in [-0.15, -0.1) is 0 Å². The average molecular weight is 213 g/mol. The number of halogens is 3. The van der Waals surface area contributed by atoms with E-state index in [0.717, 1.165) is 12.1 Å². The van der Waals surface area contributed by atoms with E-state index in [1.807, 2.05) is 0 Å². The van der Waals surface area contributed by atoms with Gasteiger partial charge in [-0.3, -0.25) is 0 Å². The Morgan fingerprint density at radius 2 is 1.93 bits per heavy atom. The van der Waals surface area contributed by atoms with Gasteiger partial charge in [0, 0.05) is 0 Å². The van der Waals surface area contributed by atoms with Crippen LogP contribution in [0.15, 0.2) is 24.3 Å². The third kappa shape index (κ3) is 2.34. The highest BCUT2D eigenvalue weighted by Gasteiger charge is 2.34. The zero-order valence-electron chi connectivity index (χ0n) is 7.45. The molecule has 0 aliphatic heterocycles. The Kier molecular flexibility index (Phi) is 3.10. The molecule has 5 heteroatoms. The van der Waals surface area contributed by atoms with Gasteiger partial charge < -0.3 is 4.79 Å². The molecule has 78 valence electrons. The smallest absolute Gasteiger partial charge is 0.302 e. The maximum absolute atomic E-state index is 12.5. The summed E-state index contributed by atoms with van der Waals surface area (Å²) in [6, 6.07) is 6.07. The van der Waals surface area contributed by atoms with E-state index in [4.69, 9.17) is 5.26 Å². The van der Waals surface area contributed by atoms with Crippen molar-refractivity contribution in [3.05, 3.63) is 35.4 Å². The summed E-state index contributed by atoms with van der Waals surface area (Å²) >= 11 is 0. The standard InChI is InChI=1S/C10H6F3NO/c11-10(12,13)9-4-2-1-3-8(9)7(5-14)6-15/h1-4,6-7H/t7-/m1/s1. The second kappa shape index (κ2) is 4.13. The summed E-state index contributed by atoms with van der Waals surface area (Å²) in [5.41, 5.74) is -1.24. The molecule has 0 saturated carbocycles. The molecule has 1 rings (SSSR count). The molecule has 0 radical (unpaired) electrons. The van der Waals surface area contributed by atoms with Crippen LogP contribution in [-0.4, -0.2) is 6.29 Å². The molecule has 15 heavy (non-hydrogen) atoms. The Bertz CT molecular complexity index is 406. The van der Waals surface area contributed by atoms with Crippen LogP contribution in [0.2, 0.25) is 0 Å². The average Bonchev–Trinajstić information content (AvgIpc) is 2.19. The second-order valence-electron chi connectivity index (χ2n) is 2.83. The topological polar surface area (TPSA) is 40.9 Å². The Morgan fingerprint density at radius 3 is 2.40 bits per heavy atom. The van der Waals surface area contributed by atoms with Gasteiger partial charge in [0.15, 0.2) is 0 Å². The van der Waals surface area contributed by atoms with Crippen molar-refractivity contribution in [1.29, 1.82) is 5.26 Å². The van der Waals surface area contributed by atoms with Gasteiger partial charge in [0.2, 0.25) is 0 Å². The monoisotopic (exact) mass is 213 g/mol. The van der Waals surface area contributed by atoms with Crippen molar-refractivity contribution in [2.24, 2.45) is 0 Å². The third-order valence-electron chi connectivity index (χ3n) is 1.88.